The van der Waals surface area contributed by atoms with Gasteiger partial charge in [-0.1, -0.05) is 6.07 Å². The standard InChI is InChI=1S/C19H26N4O2/c24-19(13-22-5-1-2-6-22)23-7-8-25-14-16(12-23)9-15-3-4-18-17(10-15)11-20-21-18/h3-4,10-11,16H,1-2,5-9,12-14H2,(H,20,21). The number of benzene rings is 1. The number of nitrogens with zero attached hydrogens (tertiary/aromatic N) is 3. The number of likely N-dealkylation sites (tertiary alicyclic amines) is 1. The second-order valence-corrected chi connectivity index (χ2v) is 7.26. The van der Waals surface area contributed by atoms with Crippen LogP contribution in [0, 0.1) is 5.92 Å². The summed E-state index contributed by atoms with van der Waals surface area (Å²) in [6, 6.07) is 6.40. The number of fused-ring (bicyclic) bond motifs is 1. The van der Waals surface area contributed by atoms with Crippen molar-refractivity contribution in [3.63, 3.8) is 0 Å². The van der Waals surface area contributed by atoms with E-state index in [4.69, 9.17) is 4.74 Å². The summed E-state index contributed by atoms with van der Waals surface area (Å²) in [6.07, 6.45) is 5.22. The van der Waals surface area contributed by atoms with Crippen LogP contribution in [0.1, 0.15) is 18.4 Å². The minimum Gasteiger partial charge on any atom is -0.379 e. The maximum absolute atomic E-state index is 12.7. The van der Waals surface area contributed by atoms with Crippen LogP contribution in [0.25, 0.3) is 10.9 Å². The van der Waals surface area contributed by atoms with Crippen molar-refractivity contribution < 1.29 is 9.53 Å². The lowest BCUT2D eigenvalue weighted by Gasteiger charge is -2.26. The van der Waals surface area contributed by atoms with Gasteiger partial charge >= 0.3 is 0 Å². The van der Waals surface area contributed by atoms with Gasteiger partial charge in [-0.2, -0.15) is 5.10 Å². The number of nitrogens with one attached hydrogen (secondary N) is 1. The Bertz CT molecular complexity index is 723. The number of rotatable bonds is 4. The Hall–Kier alpha value is -1.92. The highest BCUT2D eigenvalue weighted by Crippen LogP contribution is 2.19. The van der Waals surface area contributed by atoms with Gasteiger partial charge < -0.3 is 9.64 Å². The molecule has 2 saturated heterocycles. The zero-order chi connectivity index (χ0) is 17.1. The molecule has 1 unspecified atom stereocenters. The Kier molecular flexibility index (Phi) is 4.99. The monoisotopic (exact) mass is 342 g/mol. The summed E-state index contributed by atoms with van der Waals surface area (Å²) in [4.78, 5) is 16.9. The molecule has 6 heteroatoms. The summed E-state index contributed by atoms with van der Waals surface area (Å²) in [7, 11) is 0. The van der Waals surface area contributed by atoms with Gasteiger partial charge in [-0.15, -0.1) is 0 Å². The van der Waals surface area contributed by atoms with Crippen molar-refractivity contribution in [2.24, 2.45) is 5.92 Å². The van der Waals surface area contributed by atoms with Crippen LogP contribution in [0.4, 0.5) is 0 Å². The average Bonchev–Trinajstić information content (AvgIpc) is 3.23. The van der Waals surface area contributed by atoms with E-state index < -0.39 is 0 Å². The third-order valence-corrected chi connectivity index (χ3v) is 5.28. The lowest BCUT2D eigenvalue weighted by molar-refractivity contribution is -0.132. The number of hydrogen-bond donors (Lipinski definition) is 1. The molecule has 0 saturated carbocycles. The highest BCUT2D eigenvalue weighted by atomic mass is 16.5. The predicted octanol–water partition coefficient (Wildman–Crippen LogP) is 1.68. The summed E-state index contributed by atoms with van der Waals surface area (Å²) in [5, 5.41) is 8.20. The Balaban J connectivity index is 1.39. The molecule has 0 radical (unpaired) electrons. The molecular weight excluding hydrogens is 316 g/mol. The summed E-state index contributed by atoms with van der Waals surface area (Å²) in [5.74, 6) is 0.595. The van der Waals surface area contributed by atoms with E-state index in [1.165, 1.54) is 18.4 Å². The molecule has 0 bridgehead atoms. The van der Waals surface area contributed by atoms with E-state index in [1.54, 1.807) is 0 Å². The Morgan fingerprint density at radius 2 is 2.16 bits per heavy atom. The van der Waals surface area contributed by atoms with Crippen molar-refractivity contribution in [3.05, 3.63) is 30.0 Å². The summed E-state index contributed by atoms with van der Waals surface area (Å²) in [5.41, 5.74) is 2.33. The maximum atomic E-state index is 12.7. The first-order valence-electron chi connectivity index (χ1n) is 9.28. The molecule has 4 rings (SSSR count). The summed E-state index contributed by atoms with van der Waals surface area (Å²) < 4.78 is 5.78. The van der Waals surface area contributed by atoms with Gasteiger partial charge in [-0.3, -0.25) is 14.8 Å². The third kappa shape index (κ3) is 4.02. The molecule has 1 N–H and O–H groups in total. The van der Waals surface area contributed by atoms with Gasteiger partial charge in [0.15, 0.2) is 0 Å². The highest BCUT2D eigenvalue weighted by molar-refractivity contribution is 5.79. The zero-order valence-corrected chi connectivity index (χ0v) is 14.6. The topological polar surface area (TPSA) is 61.5 Å². The van der Waals surface area contributed by atoms with Crippen molar-refractivity contribution in [3.8, 4) is 0 Å². The van der Waals surface area contributed by atoms with Gasteiger partial charge in [-0.05, 0) is 50.0 Å². The van der Waals surface area contributed by atoms with E-state index in [0.717, 1.165) is 43.6 Å². The number of ether oxygens (including phenoxy) is 1. The van der Waals surface area contributed by atoms with Gasteiger partial charge in [0.1, 0.15) is 0 Å². The Labute approximate surface area is 148 Å². The number of hydrogen-bond acceptors (Lipinski definition) is 4. The first kappa shape index (κ1) is 16.5. The Morgan fingerprint density at radius 1 is 1.28 bits per heavy atom. The zero-order valence-electron chi connectivity index (χ0n) is 14.6. The molecule has 25 heavy (non-hydrogen) atoms. The number of amides is 1. The van der Waals surface area contributed by atoms with Crippen LogP contribution in [-0.2, 0) is 16.0 Å². The normalized spacial score (nSPS) is 22.4. The molecule has 1 atom stereocenters. The molecule has 6 nitrogen and oxygen atoms in total. The van der Waals surface area contributed by atoms with E-state index in [1.807, 2.05) is 11.1 Å². The molecule has 2 aromatic rings. The SMILES string of the molecule is O=C(CN1CCCC1)N1CCOCC(Cc2ccc3[nH]ncc3c2)C1. The minimum atomic E-state index is 0.252. The van der Waals surface area contributed by atoms with Crippen molar-refractivity contribution in [2.45, 2.75) is 19.3 Å². The quantitative estimate of drug-likeness (QED) is 0.918. The fourth-order valence-corrected chi connectivity index (χ4v) is 3.91. The molecular formula is C19H26N4O2. The van der Waals surface area contributed by atoms with Gasteiger partial charge in [0.25, 0.3) is 0 Å². The fourth-order valence-electron chi connectivity index (χ4n) is 3.91. The molecule has 2 aliphatic rings. The molecule has 134 valence electrons. The second kappa shape index (κ2) is 7.54. The first-order chi connectivity index (χ1) is 12.3. The molecule has 2 fully saturated rings. The number of aromatic amines is 1. The minimum absolute atomic E-state index is 0.252. The van der Waals surface area contributed by atoms with E-state index in [0.29, 0.717) is 25.6 Å². The van der Waals surface area contributed by atoms with Crippen LogP contribution in [-0.4, -0.2) is 71.8 Å². The van der Waals surface area contributed by atoms with Crippen LogP contribution in [0.15, 0.2) is 24.4 Å². The lowest BCUT2D eigenvalue weighted by Crippen LogP contribution is -2.42. The van der Waals surface area contributed by atoms with E-state index in [2.05, 4.69) is 33.3 Å². The largest absolute Gasteiger partial charge is 0.379 e. The average molecular weight is 342 g/mol. The highest BCUT2D eigenvalue weighted by Gasteiger charge is 2.25. The number of carbonyl (C=O) groups excluding carboxylic acids is 1. The van der Waals surface area contributed by atoms with Crippen LogP contribution < -0.4 is 0 Å². The van der Waals surface area contributed by atoms with Crippen LogP contribution in [0.2, 0.25) is 0 Å². The second-order valence-electron chi connectivity index (χ2n) is 7.26. The molecule has 3 heterocycles. The van der Waals surface area contributed by atoms with Gasteiger partial charge in [0.05, 0.1) is 31.5 Å². The predicted molar refractivity (Wildman–Crippen MR) is 96.4 cm³/mol. The molecule has 1 aromatic carbocycles. The number of carbonyl (C=O) groups is 1. The van der Waals surface area contributed by atoms with E-state index in [-0.39, 0.29) is 5.91 Å². The van der Waals surface area contributed by atoms with Crippen molar-refractivity contribution in [2.75, 3.05) is 45.9 Å². The maximum Gasteiger partial charge on any atom is 0.236 e. The van der Waals surface area contributed by atoms with Gasteiger partial charge in [0, 0.05) is 24.4 Å². The van der Waals surface area contributed by atoms with Crippen LogP contribution in [0.5, 0.6) is 0 Å². The first-order valence-corrected chi connectivity index (χ1v) is 9.28. The number of H-pyrrole nitrogens is 1. The van der Waals surface area contributed by atoms with Crippen molar-refractivity contribution in [1.82, 2.24) is 20.0 Å². The summed E-state index contributed by atoms with van der Waals surface area (Å²) >= 11 is 0. The fraction of sp³-hybridized carbons (Fsp3) is 0.579. The Morgan fingerprint density at radius 3 is 3.04 bits per heavy atom. The third-order valence-electron chi connectivity index (χ3n) is 5.28. The van der Waals surface area contributed by atoms with Crippen LogP contribution in [0.3, 0.4) is 0 Å². The molecule has 1 amide bonds. The van der Waals surface area contributed by atoms with Gasteiger partial charge in [0.2, 0.25) is 5.91 Å². The molecule has 0 aliphatic carbocycles. The molecule has 2 aliphatic heterocycles. The number of aromatic nitrogens is 2. The lowest BCUT2D eigenvalue weighted by atomic mass is 9.98. The van der Waals surface area contributed by atoms with Gasteiger partial charge in [-0.25, -0.2) is 0 Å². The van der Waals surface area contributed by atoms with Crippen molar-refractivity contribution >= 4 is 16.8 Å². The molecule has 1 aromatic heterocycles. The van der Waals surface area contributed by atoms with Crippen LogP contribution >= 0.6 is 0 Å². The summed E-state index contributed by atoms with van der Waals surface area (Å²) in [6.45, 7) is 5.54. The smallest absolute Gasteiger partial charge is 0.236 e. The van der Waals surface area contributed by atoms with E-state index in [9.17, 15) is 4.79 Å². The molecule has 0 spiro atoms. The van der Waals surface area contributed by atoms with E-state index >= 15 is 0 Å². The van der Waals surface area contributed by atoms with Crippen molar-refractivity contribution in [1.29, 1.82) is 0 Å².